The zero-order valence-electron chi connectivity index (χ0n) is 13.4. The number of methoxy groups -OCH3 is 1. The summed E-state index contributed by atoms with van der Waals surface area (Å²) < 4.78 is 5.32. The number of ether oxygens (including phenoxy) is 1. The van der Waals surface area contributed by atoms with Crippen LogP contribution in [0.5, 0.6) is 5.75 Å². The summed E-state index contributed by atoms with van der Waals surface area (Å²) in [6, 6.07) is 9.63. The molecule has 2 rings (SSSR count). The van der Waals surface area contributed by atoms with Gasteiger partial charge in [0.1, 0.15) is 5.75 Å². The van der Waals surface area contributed by atoms with Gasteiger partial charge in [-0.15, -0.1) is 0 Å². The number of likely N-dealkylation sites (N-methyl/N-ethyl adjacent to an activating group) is 1. The van der Waals surface area contributed by atoms with Gasteiger partial charge in [0.15, 0.2) is 0 Å². The summed E-state index contributed by atoms with van der Waals surface area (Å²) in [6.45, 7) is 5.31. The molecule has 1 aromatic carbocycles. The smallest absolute Gasteiger partial charge is 0.257 e. The number of nitrogens with zero attached hydrogens (tertiary/aromatic N) is 2. The quantitative estimate of drug-likeness (QED) is 0.823. The Hall–Kier alpha value is -2.36. The van der Waals surface area contributed by atoms with E-state index in [-0.39, 0.29) is 5.91 Å². The number of aryl methyl sites for hydroxylation is 1. The Morgan fingerprint density at radius 2 is 1.95 bits per heavy atom. The first kappa shape index (κ1) is 16.0. The SMILES string of the molecule is CCN(CCc1ccncc1)C(=O)c1cc(C)ccc1OC. The summed E-state index contributed by atoms with van der Waals surface area (Å²) in [5.41, 5.74) is 2.85. The summed E-state index contributed by atoms with van der Waals surface area (Å²) >= 11 is 0. The highest BCUT2D eigenvalue weighted by Crippen LogP contribution is 2.21. The Kier molecular flexibility index (Phi) is 5.53. The molecule has 0 saturated carbocycles. The average molecular weight is 298 g/mol. The largest absolute Gasteiger partial charge is 0.496 e. The minimum atomic E-state index is 0.0112. The van der Waals surface area contributed by atoms with Crippen molar-refractivity contribution < 1.29 is 9.53 Å². The third-order valence-corrected chi connectivity index (χ3v) is 3.67. The maximum Gasteiger partial charge on any atom is 0.257 e. The summed E-state index contributed by atoms with van der Waals surface area (Å²) in [5.74, 6) is 0.634. The van der Waals surface area contributed by atoms with Gasteiger partial charge in [0.25, 0.3) is 5.91 Å². The number of pyridine rings is 1. The summed E-state index contributed by atoms with van der Waals surface area (Å²) in [6.07, 6.45) is 4.37. The number of hydrogen-bond acceptors (Lipinski definition) is 3. The molecule has 1 amide bonds. The zero-order valence-corrected chi connectivity index (χ0v) is 13.4. The van der Waals surface area contributed by atoms with E-state index in [0.29, 0.717) is 24.4 Å². The van der Waals surface area contributed by atoms with Gasteiger partial charge in [-0.3, -0.25) is 9.78 Å². The van der Waals surface area contributed by atoms with E-state index in [1.54, 1.807) is 19.5 Å². The molecule has 0 spiro atoms. The molecule has 0 saturated heterocycles. The number of rotatable bonds is 6. The van der Waals surface area contributed by atoms with Gasteiger partial charge in [0.2, 0.25) is 0 Å². The van der Waals surface area contributed by atoms with Crippen LogP contribution in [0.25, 0.3) is 0 Å². The van der Waals surface area contributed by atoms with E-state index in [9.17, 15) is 4.79 Å². The third kappa shape index (κ3) is 3.85. The molecule has 116 valence electrons. The molecule has 1 heterocycles. The van der Waals surface area contributed by atoms with Gasteiger partial charge in [-0.2, -0.15) is 0 Å². The number of carbonyl (C=O) groups is 1. The lowest BCUT2D eigenvalue weighted by atomic mass is 10.1. The Morgan fingerprint density at radius 1 is 1.23 bits per heavy atom. The second-order valence-corrected chi connectivity index (χ2v) is 5.19. The van der Waals surface area contributed by atoms with Crippen LogP contribution in [0.15, 0.2) is 42.7 Å². The number of carbonyl (C=O) groups excluding carboxylic acids is 1. The minimum absolute atomic E-state index is 0.0112. The van der Waals surface area contributed by atoms with Crippen LogP contribution in [0.2, 0.25) is 0 Å². The molecule has 0 aliphatic carbocycles. The van der Waals surface area contributed by atoms with E-state index in [1.807, 2.05) is 49.1 Å². The molecule has 0 aliphatic rings. The first-order chi connectivity index (χ1) is 10.7. The van der Waals surface area contributed by atoms with Crippen molar-refractivity contribution in [2.45, 2.75) is 20.3 Å². The lowest BCUT2D eigenvalue weighted by molar-refractivity contribution is 0.0762. The number of amides is 1. The lowest BCUT2D eigenvalue weighted by Gasteiger charge is -2.22. The van der Waals surface area contributed by atoms with E-state index < -0.39 is 0 Å². The molecule has 2 aromatic rings. The topological polar surface area (TPSA) is 42.4 Å². The Labute approximate surface area is 131 Å². The van der Waals surface area contributed by atoms with E-state index in [2.05, 4.69) is 4.98 Å². The van der Waals surface area contributed by atoms with Gasteiger partial charge in [-0.25, -0.2) is 0 Å². The normalized spacial score (nSPS) is 10.3. The molecule has 0 unspecified atom stereocenters. The average Bonchev–Trinajstić information content (AvgIpc) is 2.56. The maximum atomic E-state index is 12.8. The van der Waals surface area contributed by atoms with Gasteiger partial charge in [-0.05, 0) is 50.1 Å². The van der Waals surface area contributed by atoms with Crippen molar-refractivity contribution in [1.82, 2.24) is 9.88 Å². The van der Waals surface area contributed by atoms with Crippen molar-refractivity contribution in [1.29, 1.82) is 0 Å². The zero-order chi connectivity index (χ0) is 15.9. The molecule has 4 nitrogen and oxygen atoms in total. The fourth-order valence-electron chi connectivity index (χ4n) is 2.38. The monoisotopic (exact) mass is 298 g/mol. The van der Waals surface area contributed by atoms with E-state index >= 15 is 0 Å². The highest BCUT2D eigenvalue weighted by molar-refractivity contribution is 5.97. The number of hydrogen-bond donors (Lipinski definition) is 0. The predicted octanol–water partition coefficient (Wildman–Crippen LogP) is 3.10. The van der Waals surface area contributed by atoms with Crippen LogP contribution in [0.4, 0.5) is 0 Å². The van der Waals surface area contributed by atoms with Crippen LogP contribution in [-0.2, 0) is 6.42 Å². The molecular formula is C18H22N2O2. The maximum absolute atomic E-state index is 12.8. The Morgan fingerprint density at radius 3 is 2.59 bits per heavy atom. The van der Waals surface area contributed by atoms with Crippen LogP contribution in [0, 0.1) is 6.92 Å². The van der Waals surface area contributed by atoms with Gasteiger partial charge in [-0.1, -0.05) is 11.6 Å². The summed E-state index contributed by atoms with van der Waals surface area (Å²) in [5, 5.41) is 0. The third-order valence-electron chi connectivity index (χ3n) is 3.67. The van der Waals surface area contributed by atoms with Crippen molar-refractivity contribution >= 4 is 5.91 Å². The van der Waals surface area contributed by atoms with Crippen LogP contribution < -0.4 is 4.74 Å². The highest BCUT2D eigenvalue weighted by atomic mass is 16.5. The van der Waals surface area contributed by atoms with E-state index in [4.69, 9.17) is 4.74 Å². The van der Waals surface area contributed by atoms with Gasteiger partial charge < -0.3 is 9.64 Å². The molecule has 0 N–H and O–H groups in total. The second kappa shape index (κ2) is 7.59. The number of aromatic nitrogens is 1. The highest BCUT2D eigenvalue weighted by Gasteiger charge is 2.18. The fourth-order valence-corrected chi connectivity index (χ4v) is 2.38. The summed E-state index contributed by atoms with van der Waals surface area (Å²) in [4.78, 5) is 18.6. The van der Waals surface area contributed by atoms with Gasteiger partial charge in [0, 0.05) is 25.5 Å². The van der Waals surface area contributed by atoms with E-state index in [0.717, 1.165) is 12.0 Å². The van der Waals surface area contributed by atoms with Crippen molar-refractivity contribution in [3.63, 3.8) is 0 Å². The van der Waals surface area contributed by atoms with Crippen molar-refractivity contribution in [2.24, 2.45) is 0 Å². The Balaban J connectivity index is 2.13. The molecule has 0 atom stereocenters. The predicted molar refractivity (Wildman–Crippen MR) is 87.2 cm³/mol. The summed E-state index contributed by atoms with van der Waals surface area (Å²) in [7, 11) is 1.59. The first-order valence-electron chi connectivity index (χ1n) is 7.48. The fraction of sp³-hybridized carbons (Fsp3) is 0.333. The van der Waals surface area contributed by atoms with Gasteiger partial charge in [0.05, 0.1) is 12.7 Å². The van der Waals surface area contributed by atoms with Crippen molar-refractivity contribution in [3.8, 4) is 5.75 Å². The molecular weight excluding hydrogens is 276 g/mol. The standard InChI is InChI=1S/C18H22N2O2/c1-4-20(12-9-15-7-10-19-11-8-15)18(21)16-13-14(2)5-6-17(16)22-3/h5-8,10-11,13H,4,9,12H2,1-3H3. The number of benzene rings is 1. The molecule has 0 aliphatic heterocycles. The molecule has 22 heavy (non-hydrogen) atoms. The molecule has 4 heteroatoms. The molecule has 1 aromatic heterocycles. The minimum Gasteiger partial charge on any atom is -0.496 e. The van der Waals surface area contributed by atoms with Gasteiger partial charge >= 0.3 is 0 Å². The van der Waals surface area contributed by atoms with Crippen molar-refractivity contribution in [2.75, 3.05) is 20.2 Å². The van der Waals surface area contributed by atoms with Crippen LogP contribution in [-0.4, -0.2) is 36.0 Å². The first-order valence-corrected chi connectivity index (χ1v) is 7.48. The molecule has 0 radical (unpaired) electrons. The van der Waals surface area contributed by atoms with Crippen molar-refractivity contribution in [3.05, 3.63) is 59.4 Å². The second-order valence-electron chi connectivity index (χ2n) is 5.19. The lowest BCUT2D eigenvalue weighted by Crippen LogP contribution is -2.33. The molecule has 0 fully saturated rings. The molecule has 0 bridgehead atoms. The van der Waals surface area contributed by atoms with Crippen LogP contribution >= 0.6 is 0 Å². The van der Waals surface area contributed by atoms with E-state index in [1.165, 1.54) is 5.56 Å². The van der Waals surface area contributed by atoms with Crippen LogP contribution in [0.3, 0.4) is 0 Å². The van der Waals surface area contributed by atoms with Crippen LogP contribution in [0.1, 0.15) is 28.4 Å². The Bertz CT molecular complexity index is 626.